The molecule has 2 aromatic rings. The van der Waals surface area contributed by atoms with Crippen molar-refractivity contribution in [3.8, 4) is 0 Å². The summed E-state index contributed by atoms with van der Waals surface area (Å²) in [4.78, 5) is 24.9. The maximum atomic E-state index is 12.8. The molecule has 25 heavy (non-hydrogen) atoms. The number of fused-ring (bicyclic) bond motifs is 1. The number of aromatic nitrogens is 3. The average molecular weight is 360 g/mol. The first-order chi connectivity index (χ1) is 12.1. The second-order valence-electron chi connectivity index (χ2n) is 6.81. The van der Waals surface area contributed by atoms with Gasteiger partial charge in [0.2, 0.25) is 0 Å². The molecule has 1 atom stereocenters. The molecule has 2 N–H and O–H groups in total. The van der Waals surface area contributed by atoms with E-state index < -0.39 is 0 Å². The lowest BCUT2D eigenvalue weighted by Gasteiger charge is -2.26. The van der Waals surface area contributed by atoms with E-state index >= 15 is 0 Å². The van der Waals surface area contributed by atoms with Crippen molar-refractivity contribution in [3.63, 3.8) is 0 Å². The molecule has 2 aliphatic heterocycles. The predicted octanol–water partition coefficient (Wildman–Crippen LogP) is 1.11. The van der Waals surface area contributed by atoms with Crippen LogP contribution in [0.25, 0.3) is 0 Å². The molecule has 2 aromatic heterocycles. The number of nitrogens with one attached hydrogen (secondary N) is 2. The van der Waals surface area contributed by atoms with Crippen LogP contribution >= 0.6 is 11.3 Å². The van der Waals surface area contributed by atoms with E-state index in [0.717, 1.165) is 72.8 Å². The highest BCUT2D eigenvalue weighted by atomic mass is 32.1. The van der Waals surface area contributed by atoms with Crippen molar-refractivity contribution >= 4 is 22.4 Å². The molecule has 0 radical (unpaired) electrons. The maximum absolute atomic E-state index is 12.8. The molecule has 1 fully saturated rings. The molecular formula is C17H24N6OS. The summed E-state index contributed by atoms with van der Waals surface area (Å²) in [6, 6.07) is 0.151. The Bertz CT molecular complexity index is 776. The van der Waals surface area contributed by atoms with Gasteiger partial charge in [-0.3, -0.25) is 4.79 Å². The van der Waals surface area contributed by atoms with Gasteiger partial charge < -0.3 is 20.1 Å². The van der Waals surface area contributed by atoms with Crippen LogP contribution in [0, 0.1) is 13.8 Å². The predicted molar refractivity (Wildman–Crippen MR) is 98.5 cm³/mol. The van der Waals surface area contributed by atoms with Crippen molar-refractivity contribution in [2.75, 3.05) is 31.1 Å². The average Bonchev–Trinajstić information content (AvgIpc) is 3.17. The number of hydrogen-bond donors (Lipinski definition) is 2. The van der Waals surface area contributed by atoms with E-state index in [1.165, 1.54) is 11.3 Å². The highest BCUT2D eigenvalue weighted by Crippen LogP contribution is 2.26. The van der Waals surface area contributed by atoms with E-state index in [1.807, 2.05) is 13.8 Å². The van der Waals surface area contributed by atoms with Crippen LogP contribution in [0.2, 0.25) is 0 Å². The Balaban J connectivity index is 1.44. The van der Waals surface area contributed by atoms with Gasteiger partial charge in [0, 0.05) is 51.4 Å². The van der Waals surface area contributed by atoms with Crippen LogP contribution in [-0.4, -0.2) is 52.7 Å². The van der Waals surface area contributed by atoms with Crippen molar-refractivity contribution in [2.45, 2.75) is 39.3 Å². The molecule has 1 amide bonds. The molecule has 1 saturated heterocycles. The summed E-state index contributed by atoms with van der Waals surface area (Å²) in [7, 11) is 0. The van der Waals surface area contributed by atoms with Crippen LogP contribution in [0.1, 0.15) is 33.3 Å². The first kappa shape index (κ1) is 16.5. The first-order valence-electron chi connectivity index (χ1n) is 8.87. The van der Waals surface area contributed by atoms with Crippen LogP contribution in [0.4, 0.5) is 5.13 Å². The zero-order valence-electron chi connectivity index (χ0n) is 14.7. The largest absolute Gasteiger partial charge is 0.347 e. The number of carbonyl (C=O) groups excluding carboxylic acids is 1. The van der Waals surface area contributed by atoms with E-state index in [-0.39, 0.29) is 11.9 Å². The van der Waals surface area contributed by atoms with Crippen LogP contribution in [0.3, 0.4) is 0 Å². The van der Waals surface area contributed by atoms with E-state index in [9.17, 15) is 4.79 Å². The summed E-state index contributed by atoms with van der Waals surface area (Å²) < 4.78 is 2.16. The van der Waals surface area contributed by atoms with Gasteiger partial charge in [-0.05, 0) is 20.3 Å². The molecule has 0 saturated carbocycles. The van der Waals surface area contributed by atoms with Crippen molar-refractivity contribution in [1.29, 1.82) is 0 Å². The Labute approximate surface area is 151 Å². The molecule has 4 rings (SSSR count). The van der Waals surface area contributed by atoms with Crippen molar-refractivity contribution in [3.05, 3.63) is 28.3 Å². The third kappa shape index (κ3) is 3.41. The number of anilines is 1. The van der Waals surface area contributed by atoms with Crippen LogP contribution < -0.4 is 15.5 Å². The number of rotatable bonds is 3. The molecule has 0 bridgehead atoms. The molecule has 0 aromatic carbocycles. The minimum atomic E-state index is 0.00155. The van der Waals surface area contributed by atoms with Crippen LogP contribution in [0.15, 0.2) is 6.20 Å². The molecule has 0 aliphatic carbocycles. The lowest BCUT2D eigenvalue weighted by atomic mass is 10.1. The maximum Gasteiger partial charge on any atom is 0.263 e. The van der Waals surface area contributed by atoms with Crippen molar-refractivity contribution in [2.24, 2.45) is 0 Å². The van der Waals surface area contributed by atoms with Gasteiger partial charge >= 0.3 is 0 Å². The number of hydrogen-bond acceptors (Lipinski definition) is 6. The second-order valence-corrected chi connectivity index (χ2v) is 7.79. The number of imidazole rings is 1. The molecule has 8 heteroatoms. The quantitative estimate of drug-likeness (QED) is 0.858. The highest BCUT2D eigenvalue weighted by Gasteiger charge is 2.25. The summed E-state index contributed by atoms with van der Waals surface area (Å²) in [6.45, 7) is 8.56. The number of carbonyl (C=O) groups is 1. The number of piperazine rings is 1. The Morgan fingerprint density at radius 3 is 2.92 bits per heavy atom. The molecule has 1 unspecified atom stereocenters. The van der Waals surface area contributed by atoms with E-state index in [2.05, 4.69) is 36.3 Å². The summed E-state index contributed by atoms with van der Waals surface area (Å²) in [5, 5.41) is 7.49. The second kappa shape index (κ2) is 6.76. The van der Waals surface area contributed by atoms with Gasteiger partial charge in [-0.2, -0.15) is 0 Å². The molecule has 0 spiro atoms. The Kier molecular flexibility index (Phi) is 4.47. The molecule has 134 valence electrons. The highest BCUT2D eigenvalue weighted by molar-refractivity contribution is 7.17. The normalized spacial score (nSPS) is 20.4. The Hall–Kier alpha value is -1.93. The van der Waals surface area contributed by atoms with Gasteiger partial charge in [-0.25, -0.2) is 9.97 Å². The number of thiazole rings is 1. The van der Waals surface area contributed by atoms with Gasteiger partial charge in [0.25, 0.3) is 5.91 Å². The van der Waals surface area contributed by atoms with Gasteiger partial charge in [-0.1, -0.05) is 11.3 Å². The lowest BCUT2D eigenvalue weighted by Crippen LogP contribution is -2.43. The summed E-state index contributed by atoms with van der Waals surface area (Å²) in [6.07, 6.45) is 3.91. The third-order valence-corrected chi connectivity index (χ3v) is 6.04. The van der Waals surface area contributed by atoms with Gasteiger partial charge in [-0.15, -0.1) is 0 Å². The molecule has 7 nitrogen and oxygen atoms in total. The monoisotopic (exact) mass is 360 g/mol. The van der Waals surface area contributed by atoms with Crippen molar-refractivity contribution in [1.82, 2.24) is 25.2 Å². The summed E-state index contributed by atoms with van der Waals surface area (Å²) >= 11 is 1.51. The molecular weight excluding hydrogens is 336 g/mol. The van der Waals surface area contributed by atoms with Crippen LogP contribution in [-0.2, 0) is 13.0 Å². The number of amides is 1. The fourth-order valence-corrected chi connectivity index (χ4v) is 4.56. The SMILES string of the molecule is Cc1cn2c(n1)CCC(NC(=O)c1sc(N3CCNCC3)nc1C)C2. The fraction of sp³-hybridized carbons (Fsp3) is 0.588. The minimum Gasteiger partial charge on any atom is -0.347 e. The minimum absolute atomic E-state index is 0.00155. The van der Waals surface area contributed by atoms with E-state index in [4.69, 9.17) is 0 Å². The lowest BCUT2D eigenvalue weighted by molar-refractivity contribution is 0.0931. The third-order valence-electron chi connectivity index (χ3n) is 4.83. The van der Waals surface area contributed by atoms with Gasteiger partial charge in [0.05, 0.1) is 11.4 Å². The van der Waals surface area contributed by atoms with Gasteiger partial charge in [0.1, 0.15) is 10.7 Å². The van der Waals surface area contributed by atoms with Crippen molar-refractivity contribution < 1.29 is 4.79 Å². The van der Waals surface area contributed by atoms with E-state index in [1.54, 1.807) is 0 Å². The Morgan fingerprint density at radius 1 is 1.32 bits per heavy atom. The first-order valence-corrected chi connectivity index (χ1v) is 9.68. The summed E-state index contributed by atoms with van der Waals surface area (Å²) in [5.41, 5.74) is 1.87. The Morgan fingerprint density at radius 2 is 2.12 bits per heavy atom. The standard InChI is InChI=1S/C17H24N6OS/c1-11-9-23-10-13(3-4-14(23)19-11)21-16(24)15-12(2)20-17(25-15)22-7-5-18-6-8-22/h9,13,18H,3-8,10H2,1-2H3,(H,21,24). The van der Waals surface area contributed by atoms with Gasteiger partial charge in [0.15, 0.2) is 5.13 Å². The topological polar surface area (TPSA) is 75.1 Å². The smallest absolute Gasteiger partial charge is 0.263 e. The summed E-state index contributed by atoms with van der Waals surface area (Å²) in [5.74, 6) is 1.12. The molecule has 4 heterocycles. The molecule has 2 aliphatic rings. The number of aryl methyl sites for hydroxylation is 3. The zero-order chi connectivity index (χ0) is 17.4. The van der Waals surface area contributed by atoms with Crippen LogP contribution in [0.5, 0.6) is 0 Å². The zero-order valence-corrected chi connectivity index (χ0v) is 15.5. The number of nitrogens with zero attached hydrogens (tertiary/aromatic N) is 4. The van der Waals surface area contributed by atoms with E-state index in [0.29, 0.717) is 0 Å². The fourth-order valence-electron chi connectivity index (χ4n) is 3.54.